The molecule has 1 fully saturated rings. The number of amides is 2. The maximum absolute atomic E-state index is 12.9. The van der Waals surface area contributed by atoms with Crippen LogP contribution in [0.4, 0.5) is 23.1 Å². The van der Waals surface area contributed by atoms with E-state index >= 15 is 0 Å². The van der Waals surface area contributed by atoms with E-state index in [0.717, 1.165) is 17.7 Å². The van der Waals surface area contributed by atoms with Gasteiger partial charge in [-0.2, -0.15) is 13.2 Å². The zero-order valence-corrected chi connectivity index (χ0v) is 18.8. The minimum atomic E-state index is -4.63. The molecule has 1 aromatic carbocycles. The lowest BCUT2D eigenvalue weighted by molar-refractivity contribution is -0.138. The lowest BCUT2D eigenvalue weighted by Crippen LogP contribution is -2.37. The summed E-state index contributed by atoms with van der Waals surface area (Å²) in [6.45, 7) is 2.31. The van der Waals surface area contributed by atoms with Gasteiger partial charge >= 0.3 is 12.2 Å². The van der Waals surface area contributed by atoms with E-state index in [0.29, 0.717) is 16.9 Å². The van der Waals surface area contributed by atoms with E-state index < -0.39 is 23.4 Å². The predicted molar refractivity (Wildman–Crippen MR) is 116 cm³/mol. The molecule has 1 saturated heterocycles. The molecule has 0 bridgehead atoms. The summed E-state index contributed by atoms with van der Waals surface area (Å²) in [6.07, 6.45) is 0.195. The van der Waals surface area contributed by atoms with Crippen molar-refractivity contribution in [2.45, 2.75) is 51.4 Å². The molecule has 3 rings (SSSR count). The minimum absolute atomic E-state index is 0.134. The van der Waals surface area contributed by atoms with Gasteiger partial charge in [-0.15, -0.1) is 10.2 Å². The lowest BCUT2D eigenvalue weighted by atomic mass is 10.0. The van der Waals surface area contributed by atoms with Crippen LogP contribution < -0.4 is 4.90 Å². The average molecular weight is 473 g/mol. The molecule has 0 N–H and O–H groups in total. The molecule has 6 nitrogen and oxygen atoms in total. The van der Waals surface area contributed by atoms with Gasteiger partial charge in [0.15, 0.2) is 5.05 Å². The van der Waals surface area contributed by atoms with Gasteiger partial charge in [0.2, 0.25) is 16.4 Å². The zero-order valence-electron chi connectivity index (χ0n) is 17.2. The quantitative estimate of drug-likeness (QED) is 0.387. The predicted octanol–water partition coefficient (Wildman–Crippen LogP) is 5.27. The van der Waals surface area contributed by atoms with Gasteiger partial charge in [0.25, 0.3) is 0 Å². The maximum Gasteiger partial charge on any atom is 0.445 e. The van der Waals surface area contributed by atoms with Crippen molar-refractivity contribution in [3.63, 3.8) is 0 Å². The highest BCUT2D eigenvalue weighted by Crippen LogP contribution is 2.36. The Morgan fingerprint density at radius 1 is 1.23 bits per heavy atom. The Bertz CT molecular complexity index is 918. The highest BCUT2D eigenvalue weighted by atomic mass is 32.1. The monoisotopic (exact) mass is 472 g/mol. The minimum Gasteiger partial charge on any atom is -0.457 e. The van der Waals surface area contributed by atoms with Crippen LogP contribution >= 0.6 is 23.6 Å². The number of ether oxygens (including phenoxy) is 1. The molecule has 0 saturated carbocycles. The summed E-state index contributed by atoms with van der Waals surface area (Å²) >= 11 is 5.67. The third-order valence-corrected chi connectivity index (χ3v) is 6.16. The number of hydrogen-bond donors (Lipinski definition) is 0. The summed E-state index contributed by atoms with van der Waals surface area (Å²) in [6, 6.07) is 7.16. The molecule has 2 aromatic rings. The van der Waals surface area contributed by atoms with Crippen LogP contribution in [0.15, 0.2) is 24.3 Å². The molecule has 1 aromatic heterocycles. The van der Waals surface area contributed by atoms with Crippen molar-refractivity contribution in [3.8, 4) is 0 Å². The largest absolute Gasteiger partial charge is 0.457 e. The van der Waals surface area contributed by atoms with Crippen LogP contribution in [0.5, 0.6) is 0 Å². The second-order valence-electron chi connectivity index (χ2n) is 7.29. The Morgan fingerprint density at radius 3 is 2.55 bits per heavy atom. The second-order valence-corrected chi connectivity index (χ2v) is 8.61. The third kappa shape index (κ3) is 5.70. The van der Waals surface area contributed by atoms with E-state index in [1.54, 1.807) is 0 Å². The van der Waals surface area contributed by atoms with Gasteiger partial charge < -0.3 is 9.64 Å². The van der Waals surface area contributed by atoms with Gasteiger partial charge in [-0.25, -0.2) is 9.69 Å². The number of carbonyl (C=O) groups is 1. The molecule has 31 heavy (non-hydrogen) atoms. The summed E-state index contributed by atoms with van der Waals surface area (Å²) in [5.41, 5.74) is 1.87. The summed E-state index contributed by atoms with van der Waals surface area (Å²) in [5.74, 6) is 0. The van der Waals surface area contributed by atoms with Crippen LogP contribution in [0.2, 0.25) is 0 Å². The number of benzene rings is 1. The Hall–Kier alpha value is -2.27. The van der Waals surface area contributed by atoms with Crippen LogP contribution in [0, 0.1) is 0 Å². The van der Waals surface area contributed by atoms with Crippen LogP contribution in [-0.2, 0) is 17.3 Å². The molecule has 0 aliphatic carbocycles. The first-order valence-electron chi connectivity index (χ1n) is 9.95. The summed E-state index contributed by atoms with van der Waals surface area (Å²) in [4.78, 5) is 14.9. The molecule has 2 heterocycles. The van der Waals surface area contributed by atoms with E-state index in [-0.39, 0.29) is 16.7 Å². The van der Waals surface area contributed by atoms with Crippen molar-refractivity contribution >= 4 is 39.8 Å². The van der Waals surface area contributed by atoms with Crippen molar-refractivity contribution in [3.05, 3.63) is 40.4 Å². The molecule has 11 heteroatoms. The SMILES string of the molecule is CCCCCCc1ccc(C(=S)OC2CN(C)C(=O)N2c2nnc(C(F)(F)F)s2)cc1. The van der Waals surface area contributed by atoms with E-state index in [9.17, 15) is 18.0 Å². The number of alkyl halides is 3. The Morgan fingerprint density at radius 2 is 1.94 bits per heavy atom. The highest BCUT2D eigenvalue weighted by Gasteiger charge is 2.43. The number of hydrogen-bond acceptors (Lipinski definition) is 6. The van der Waals surface area contributed by atoms with E-state index in [1.165, 1.54) is 36.8 Å². The first-order valence-corrected chi connectivity index (χ1v) is 11.2. The zero-order chi connectivity index (χ0) is 22.6. The van der Waals surface area contributed by atoms with Gasteiger partial charge in [0, 0.05) is 12.6 Å². The maximum atomic E-state index is 12.9. The number of carbonyl (C=O) groups excluding carboxylic acids is 1. The topological polar surface area (TPSA) is 58.6 Å². The number of unbranched alkanes of at least 4 members (excludes halogenated alkanes) is 3. The van der Waals surface area contributed by atoms with E-state index in [4.69, 9.17) is 17.0 Å². The number of nitrogens with zero attached hydrogens (tertiary/aromatic N) is 4. The normalized spacial score (nSPS) is 16.8. The fraction of sp³-hybridized carbons (Fsp3) is 0.500. The van der Waals surface area contributed by atoms with Gasteiger partial charge in [0.1, 0.15) is 0 Å². The number of aromatic nitrogens is 2. The third-order valence-electron chi connectivity index (χ3n) is 4.87. The Labute approximate surface area is 188 Å². The number of anilines is 1. The first-order chi connectivity index (χ1) is 14.7. The molecule has 0 spiro atoms. The number of rotatable bonds is 8. The molecule has 0 radical (unpaired) electrons. The number of halogens is 3. The molecular weight excluding hydrogens is 449 g/mol. The van der Waals surface area contributed by atoms with Gasteiger partial charge in [-0.3, -0.25) is 0 Å². The summed E-state index contributed by atoms with van der Waals surface area (Å²) in [7, 11) is 1.53. The molecule has 1 atom stereocenters. The van der Waals surface area contributed by atoms with Gasteiger partial charge in [0.05, 0.1) is 6.54 Å². The van der Waals surface area contributed by atoms with Crippen molar-refractivity contribution in [2.75, 3.05) is 18.5 Å². The van der Waals surface area contributed by atoms with Crippen LogP contribution in [0.1, 0.15) is 48.7 Å². The Balaban J connectivity index is 1.68. The van der Waals surface area contributed by atoms with Gasteiger partial charge in [-0.05, 0) is 30.6 Å². The van der Waals surface area contributed by atoms with Crippen molar-refractivity contribution in [1.82, 2.24) is 15.1 Å². The van der Waals surface area contributed by atoms with Crippen molar-refractivity contribution < 1.29 is 22.7 Å². The highest BCUT2D eigenvalue weighted by molar-refractivity contribution is 7.80. The number of likely N-dealkylation sites (N-methyl/N-ethyl adjacent to an activating group) is 1. The van der Waals surface area contributed by atoms with E-state index in [2.05, 4.69) is 17.1 Å². The average Bonchev–Trinajstić information content (AvgIpc) is 3.31. The molecule has 1 unspecified atom stereocenters. The van der Waals surface area contributed by atoms with Crippen molar-refractivity contribution in [2.24, 2.45) is 0 Å². The Kier molecular flexibility index (Phi) is 7.47. The number of thiocarbonyl (C=S) groups is 1. The standard InChI is InChI=1S/C20H23F3N4O2S2/c1-3-4-5-6-7-13-8-10-14(11-9-13)16(30)29-15-12-26(2)19(28)27(15)18-25-24-17(31-18)20(21,22)23/h8-11,15H,3-7,12H2,1-2H3. The lowest BCUT2D eigenvalue weighted by Gasteiger charge is -2.21. The molecule has 1 aliphatic rings. The van der Waals surface area contributed by atoms with Crippen molar-refractivity contribution in [1.29, 1.82) is 0 Å². The smallest absolute Gasteiger partial charge is 0.445 e. The fourth-order valence-electron chi connectivity index (χ4n) is 3.18. The molecular formula is C20H23F3N4O2S2. The summed E-state index contributed by atoms with van der Waals surface area (Å²) < 4.78 is 44.4. The van der Waals surface area contributed by atoms with Gasteiger partial charge in [-0.1, -0.05) is 61.8 Å². The molecule has 168 valence electrons. The fourth-order valence-corrected chi connectivity index (χ4v) is 4.17. The molecule has 2 amide bonds. The second kappa shape index (κ2) is 9.90. The first kappa shape index (κ1) is 23.4. The molecule has 1 aliphatic heterocycles. The number of urea groups is 1. The summed E-state index contributed by atoms with van der Waals surface area (Å²) in [5, 5.41) is 5.54. The van der Waals surface area contributed by atoms with Crippen LogP contribution in [0.3, 0.4) is 0 Å². The van der Waals surface area contributed by atoms with Crippen LogP contribution in [0.25, 0.3) is 0 Å². The van der Waals surface area contributed by atoms with Crippen LogP contribution in [-0.4, -0.2) is 46.0 Å². The van der Waals surface area contributed by atoms with E-state index in [1.807, 2.05) is 24.3 Å². The number of aryl methyl sites for hydroxylation is 1.